The Morgan fingerprint density at radius 1 is 1.41 bits per heavy atom. The third-order valence-corrected chi connectivity index (χ3v) is 4.10. The molecule has 94 valence electrons. The zero-order chi connectivity index (χ0) is 12.3. The smallest absolute Gasteiger partial charge is 0.153 e. The van der Waals surface area contributed by atoms with E-state index in [0.29, 0.717) is 13.0 Å². The molecule has 4 nitrogen and oxygen atoms in total. The first-order valence-electron chi connectivity index (χ1n) is 6.03. The number of thiazole rings is 1. The van der Waals surface area contributed by atoms with Crippen molar-refractivity contribution in [1.29, 1.82) is 0 Å². The van der Waals surface area contributed by atoms with Crippen molar-refractivity contribution in [2.75, 3.05) is 32.7 Å². The molecule has 1 saturated heterocycles. The fourth-order valence-corrected chi connectivity index (χ4v) is 2.92. The van der Waals surface area contributed by atoms with Crippen molar-refractivity contribution in [3.8, 4) is 0 Å². The first-order chi connectivity index (χ1) is 8.15. The van der Waals surface area contributed by atoms with E-state index in [2.05, 4.69) is 22.1 Å². The van der Waals surface area contributed by atoms with Crippen LogP contribution < -0.4 is 5.32 Å². The SMILES string of the molecule is Cc1nc(CC(=O)CN2CCNCC2)sc1C. The molecule has 0 unspecified atom stereocenters. The molecule has 0 amide bonds. The van der Waals surface area contributed by atoms with Gasteiger partial charge in [-0.2, -0.15) is 0 Å². The van der Waals surface area contributed by atoms with E-state index in [1.807, 2.05) is 6.92 Å². The van der Waals surface area contributed by atoms with Crippen molar-refractivity contribution in [2.24, 2.45) is 0 Å². The molecule has 17 heavy (non-hydrogen) atoms. The summed E-state index contributed by atoms with van der Waals surface area (Å²) in [5.41, 5.74) is 1.06. The number of piperazine rings is 1. The largest absolute Gasteiger partial charge is 0.314 e. The summed E-state index contributed by atoms with van der Waals surface area (Å²) < 4.78 is 0. The lowest BCUT2D eigenvalue weighted by molar-refractivity contribution is -0.119. The molecule has 0 radical (unpaired) electrons. The monoisotopic (exact) mass is 253 g/mol. The summed E-state index contributed by atoms with van der Waals surface area (Å²) in [6.45, 7) is 8.54. The van der Waals surface area contributed by atoms with Crippen LogP contribution in [0.15, 0.2) is 0 Å². The van der Waals surface area contributed by atoms with Crippen molar-refractivity contribution < 1.29 is 4.79 Å². The van der Waals surface area contributed by atoms with E-state index in [9.17, 15) is 4.79 Å². The van der Waals surface area contributed by atoms with Gasteiger partial charge in [-0.3, -0.25) is 9.69 Å². The summed E-state index contributed by atoms with van der Waals surface area (Å²) in [5, 5.41) is 4.24. The minimum absolute atomic E-state index is 0.278. The fraction of sp³-hybridized carbons (Fsp3) is 0.667. The van der Waals surface area contributed by atoms with Crippen LogP contribution in [0.5, 0.6) is 0 Å². The molecule has 1 aromatic rings. The van der Waals surface area contributed by atoms with Crippen LogP contribution in [0.1, 0.15) is 15.6 Å². The second kappa shape index (κ2) is 5.71. The maximum Gasteiger partial charge on any atom is 0.153 e. The normalized spacial score (nSPS) is 17.3. The summed E-state index contributed by atoms with van der Waals surface area (Å²) in [6, 6.07) is 0. The Labute approximate surface area is 106 Å². The number of aryl methyl sites for hydroxylation is 2. The quantitative estimate of drug-likeness (QED) is 0.861. The van der Waals surface area contributed by atoms with Crippen LogP contribution in [0.2, 0.25) is 0 Å². The topological polar surface area (TPSA) is 45.2 Å². The number of hydrogen-bond donors (Lipinski definition) is 1. The van der Waals surface area contributed by atoms with Crippen molar-refractivity contribution >= 4 is 17.1 Å². The van der Waals surface area contributed by atoms with E-state index >= 15 is 0 Å². The van der Waals surface area contributed by atoms with Gasteiger partial charge in [0.05, 0.1) is 18.7 Å². The average molecular weight is 253 g/mol. The van der Waals surface area contributed by atoms with Crippen molar-refractivity contribution in [2.45, 2.75) is 20.3 Å². The van der Waals surface area contributed by atoms with Crippen LogP contribution in [0, 0.1) is 13.8 Å². The van der Waals surface area contributed by atoms with E-state index in [1.165, 1.54) is 4.88 Å². The van der Waals surface area contributed by atoms with Crippen LogP contribution in [-0.4, -0.2) is 48.4 Å². The predicted octanol–water partition coefficient (Wildman–Crippen LogP) is 0.777. The standard InChI is InChI=1S/C12H19N3OS/c1-9-10(2)17-12(14-9)7-11(16)8-15-5-3-13-4-6-15/h13H,3-8H2,1-2H3. The Morgan fingerprint density at radius 3 is 2.71 bits per heavy atom. The number of ketones is 1. The van der Waals surface area contributed by atoms with E-state index in [-0.39, 0.29) is 5.78 Å². The molecule has 5 heteroatoms. The van der Waals surface area contributed by atoms with E-state index in [0.717, 1.165) is 36.9 Å². The molecule has 2 rings (SSSR count). The highest BCUT2D eigenvalue weighted by Gasteiger charge is 2.15. The molecule has 0 bridgehead atoms. The van der Waals surface area contributed by atoms with Crippen LogP contribution in [0.25, 0.3) is 0 Å². The number of nitrogens with one attached hydrogen (secondary N) is 1. The molecular weight excluding hydrogens is 234 g/mol. The molecule has 0 aliphatic carbocycles. The van der Waals surface area contributed by atoms with Gasteiger partial charge in [0.25, 0.3) is 0 Å². The Kier molecular flexibility index (Phi) is 4.25. The first kappa shape index (κ1) is 12.7. The van der Waals surface area contributed by atoms with Gasteiger partial charge in [0.15, 0.2) is 5.78 Å². The summed E-state index contributed by atoms with van der Waals surface area (Å²) in [6.07, 6.45) is 0.489. The van der Waals surface area contributed by atoms with Gasteiger partial charge in [0, 0.05) is 31.1 Å². The van der Waals surface area contributed by atoms with Crippen LogP contribution in [-0.2, 0) is 11.2 Å². The van der Waals surface area contributed by atoms with Crippen molar-refractivity contribution in [1.82, 2.24) is 15.2 Å². The molecule has 1 aliphatic rings. The van der Waals surface area contributed by atoms with E-state index in [4.69, 9.17) is 0 Å². The van der Waals surface area contributed by atoms with Crippen LogP contribution in [0.4, 0.5) is 0 Å². The third kappa shape index (κ3) is 3.59. The summed E-state index contributed by atoms with van der Waals surface area (Å²) in [4.78, 5) is 19.7. The summed E-state index contributed by atoms with van der Waals surface area (Å²) >= 11 is 1.64. The first-order valence-corrected chi connectivity index (χ1v) is 6.84. The van der Waals surface area contributed by atoms with Gasteiger partial charge >= 0.3 is 0 Å². The molecule has 0 aromatic carbocycles. The lowest BCUT2D eigenvalue weighted by Crippen LogP contribution is -2.45. The Bertz CT molecular complexity index is 377. The van der Waals surface area contributed by atoms with Gasteiger partial charge in [-0.05, 0) is 13.8 Å². The number of rotatable bonds is 4. The number of carbonyl (C=O) groups is 1. The molecule has 1 aromatic heterocycles. The highest BCUT2D eigenvalue weighted by molar-refractivity contribution is 7.11. The molecule has 2 heterocycles. The Morgan fingerprint density at radius 2 is 2.12 bits per heavy atom. The second-order valence-electron chi connectivity index (χ2n) is 4.49. The van der Waals surface area contributed by atoms with E-state index in [1.54, 1.807) is 11.3 Å². The van der Waals surface area contributed by atoms with Gasteiger partial charge in [-0.15, -0.1) is 11.3 Å². The minimum atomic E-state index is 0.278. The lowest BCUT2D eigenvalue weighted by Gasteiger charge is -2.26. The zero-order valence-corrected chi connectivity index (χ0v) is 11.3. The number of aromatic nitrogens is 1. The lowest BCUT2D eigenvalue weighted by atomic mass is 10.2. The van der Waals surface area contributed by atoms with Gasteiger partial charge in [0.2, 0.25) is 0 Å². The molecule has 0 spiro atoms. The van der Waals surface area contributed by atoms with Crippen molar-refractivity contribution in [3.63, 3.8) is 0 Å². The maximum absolute atomic E-state index is 11.9. The van der Waals surface area contributed by atoms with Gasteiger partial charge in [0.1, 0.15) is 5.01 Å². The fourth-order valence-electron chi connectivity index (χ4n) is 1.96. The van der Waals surface area contributed by atoms with Crippen molar-refractivity contribution in [3.05, 3.63) is 15.6 Å². The molecule has 1 aliphatic heterocycles. The molecule has 1 N–H and O–H groups in total. The van der Waals surface area contributed by atoms with Crippen LogP contribution >= 0.6 is 11.3 Å². The number of carbonyl (C=O) groups excluding carboxylic acids is 1. The molecule has 0 atom stereocenters. The summed E-state index contributed by atoms with van der Waals surface area (Å²) in [7, 11) is 0. The Hall–Kier alpha value is -0.780. The van der Waals surface area contributed by atoms with Crippen LogP contribution in [0.3, 0.4) is 0 Å². The van der Waals surface area contributed by atoms with Gasteiger partial charge in [-0.25, -0.2) is 4.98 Å². The predicted molar refractivity (Wildman–Crippen MR) is 69.6 cm³/mol. The summed E-state index contributed by atoms with van der Waals surface area (Å²) in [5.74, 6) is 0.278. The number of hydrogen-bond acceptors (Lipinski definition) is 5. The van der Waals surface area contributed by atoms with Gasteiger partial charge < -0.3 is 5.32 Å². The highest BCUT2D eigenvalue weighted by Crippen LogP contribution is 2.17. The van der Waals surface area contributed by atoms with E-state index < -0.39 is 0 Å². The number of nitrogens with zero attached hydrogens (tertiary/aromatic N) is 2. The molecule has 1 fully saturated rings. The van der Waals surface area contributed by atoms with Gasteiger partial charge in [-0.1, -0.05) is 0 Å². The minimum Gasteiger partial charge on any atom is -0.314 e. The second-order valence-corrected chi connectivity index (χ2v) is 5.78. The third-order valence-electron chi connectivity index (χ3n) is 3.03. The molecular formula is C12H19N3OS. The average Bonchev–Trinajstić information content (AvgIpc) is 2.59. The molecule has 0 saturated carbocycles. The zero-order valence-electron chi connectivity index (χ0n) is 10.5. The maximum atomic E-state index is 11.9. The highest BCUT2D eigenvalue weighted by atomic mass is 32.1. The number of Topliss-reactive ketones (excluding diaryl/α,β-unsaturated/α-hetero) is 1. The Balaban J connectivity index is 1.84.